The van der Waals surface area contributed by atoms with Crippen molar-refractivity contribution >= 4 is 0 Å². The molecule has 0 heterocycles. The van der Waals surface area contributed by atoms with Gasteiger partial charge in [-0.2, -0.15) is 5.26 Å². The summed E-state index contributed by atoms with van der Waals surface area (Å²) in [4.78, 5) is 0. The number of hydrogen-bond donors (Lipinski definition) is 0. The van der Waals surface area contributed by atoms with E-state index in [1.807, 2.05) is 6.07 Å². The average molecular weight is 105 g/mol. The molecule has 0 saturated heterocycles. The summed E-state index contributed by atoms with van der Waals surface area (Å²) in [6.45, 7) is 6.83. The highest BCUT2D eigenvalue weighted by Gasteiger charge is 1.78. The first-order valence-corrected chi connectivity index (χ1v) is 2.20. The lowest BCUT2D eigenvalue weighted by molar-refractivity contribution is 1.50. The van der Waals surface area contributed by atoms with Crippen LogP contribution in [-0.2, 0) is 0 Å². The van der Waals surface area contributed by atoms with Gasteiger partial charge in [-0.25, -0.2) is 0 Å². The van der Waals surface area contributed by atoms with Crippen LogP contribution in [0, 0.1) is 11.3 Å². The van der Waals surface area contributed by atoms with Gasteiger partial charge in [0.1, 0.15) is 0 Å². The molecule has 40 valence electrons. The zero-order valence-corrected chi connectivity index (χ0v) is 4.59. The SMILES string of the molecule is C=C/C=C(/C#N)C=C. The molecule has 0 fully saturated rings. The van der Waals surface area contributed by atoms with E-state index in [0.717, 1.165) is 0 Å². The van der Waals surface area contributed by atoms with Gasteiger partial charge in [0.25, 0.3) is 0 Å². The van der Waals surface area contributed by atoms with Gasteiger partial charge in [0.15, 0.2) is 0 Å². The lowest BCUT2D eigenvalue weighted by atomic mass is 10.3. The Bertz CT molecular complexity index is 158. The van der Waals surface area contributed by atoms with E-state index in [2.05, 4.69) is 13.2 Å². The third-order valence-electron chi connectivity index (χ3n) is 0.646. The van der Waals surface area contributed by atoms with Gasteiger partial charge in [-0.05, 0) is 6.08 Å². The van der Waals surface area contributed by atoms with Crippen LogP contribution in [0.4, 0.5) is 0 Å². The van der Waals surface area contributed by atoms with Crippen molar-refractivity contribution in [3.63, 3.8) is 0 Å². The summed E-state index contributed by atoms with van der Waals surface area (Å²) < 4.78 is 0. The molecule has 0 bridgehead atoms. The Labute approximate surface area is 49.3 Å². The van der Waals surface area contributed by atoms with Crippen LogP contribution in [0.3, 0.4) is 0 Å². The molecule has 0 N–H and O–H groups in total. The molecule has 8 heavy (non-hydrogen) atoms. The smallest absolute Gasteiger partial charge is 0.0991 e. The molecule has 0 amide bonds. The third kappa shape index (κ3) is 1.99. The van der Waals surface area contributed by atoms with E-state index < -0.39 is 0 Å². The van der Waals surface area contributed by atoms with E-state index in [1.54, 1.807) is 12.2 Å². The molecule has 0 aromatic carbocycles. The molecule has 0 radical (unpaired) electrons. The molecule has 0 aliphatic heterocycles. The molecule has 0 spiro atoms. The van der Waals surface area contributed by atoms with E-state index in [1.165, 1.54) is 6.08 Å². The second-order valence-electron chi connectivity index (χ2n) is 1.17. The maximum Gasteiger partial charge on any atom is 0.0991 e. The van der Waals surface area contributed by atoms with Gasteiger partial charge < -0.3 is 0 Å². The van der Waals surface area contributed by atoms with Crippen LogP contribution in [0.15, 0.2) is 37.0 Å². The summed E-state index contributed by atoms with van der Waals surface area (Å²) in [7, 11) is 0. The van der Waals surface area contributed by atoms with E-state index >= 15 is 0 Å². The second-order valence-corrected chi connectivity index (χ2v) is 1.17. The Morgan fingerprint density at radius 2 is 2.12 bits per heavy atom. The first kappa shape index (κ1) is 6.71. The number of nitrogens with zero attached hydrogens (tertiary/aromatic N) is 1. The van der Waals surface area contributed by atoms with Crippen molar-refractivity contribution in [3.05, 3.63) is 37.0 Å². The fraction of sp³-hybridized carbons (Fsp3) is 0. The Kier molecular flexibility index (Phi) is 3.26. The van der Waals surface area contributed by atoms with E-state index in [0.29, 0.717) is 5.57 Å². The summed E-state index contributed by atoms with van der Waals surface area (Å²) in [6.07, 6.45) is 4.65. The van der Waals surface area contributed by atoms with Crippen molar-refractivity contribution in [2.75, 3.05) is 0 Å². The van der Waals surface area contributed by atoms with Crippen LogP contribution in [0.1, 0.15) is 0 Å². The minimum atomic E-state index is 0.542. The lowest BCUT2D eigenvalue weighted by Gasteiger charge is -1.76. The topological polar surface area (TPSA) is 23.8 Å². The highest BCUT2D eigenvalue weighted by Crippen LogP contribution is 1.90. The first-order valence-electron chi connectivity index (χ1n) is 2.20. The second kappa shape index (κ2) is 3.89. The van der Waals surface area contributed by atoms with Crippen molar-refractivity contribution in [3.8, 4) is 6.07 Å². The van der Waals surface area contributed by atoms with Gasteiger partial charge in [0, 0.05) is 0 Å². The summed E-state index contributed by atoms with van der Waals surface area (Å²) >= 11 is 0. The van der Waals surface area contributed by atoms with Gasteiger partial charge in [0.05, 0.1) is 11.6 Å². The van der Waals surface area contributed by atoms with Crippen LogP contribution >= 0.6 is 0 Å². The van der Waals surface area contributed by atoms with Gasteiger partial charge in [0.2, 0.25) is 0 Å². The van der Waals surface area contributed by atoms with Crippen molar-refractivity contribution < 1.29 is 0 Å². The molecular weight excluding hydrogens is 98.1 g/mol. The number of nitriles is 1. The molecule has 0 unspecified atom stereocenters. The number of hydrogen-bond acceptors (Lipinski definition) is 1. The van der Waals surface area contributed by atoms with Crippen molar-refractivity contribution in [2.24, 2.45) is 0 Å². The fourth-order valence-electron chi connectivity index (χ4n) is 0.278. The van der Waals surface area contributed by atoms with Crippen molar-refractivity contribution in [1.29, 1.82) is 5.26 Å². The predicted octanol–water partition coefficient (Wildman–Crippen LogP) is 1.81. The van der Waals surface area contributed by atoms with Crippen molar-refractivity contribution in [1.82, 2.24) is 0 Å². The quantitative estimate of drug-likeness (QED) is 0.388. The molecule has 0 aliphatic carbocycles. The monoisotopic (exact) mass is 105 g/mol. The molecule has 0 aromatic rings. The number of rotatable bonds is 2. The third-order valence-corrected chi connectivity index (χ3v) is 0.646. The highest BCUT2D eigenvalue weighted by molar-refractivity contribution is 5.33. The largest absolute Gasteiger partial charge is 0.192 e. The summed E-state index contributed by atoms with van der Waals surface area (Å²) in [6, 6.07) is 1.92. The summed E-state index contributed by atoms with van der Waals surface area (Å²) in [5.74, 6) is 0. The van der Waals surface area contributed by atoms with Gasteiger partial charge in [-0.15, -0.1) is 0 Å². The Balaban J connectivity index is 4.12. The molecule has 0 rings (SSSR count). The van der Waals surface area contributed by atoms with Crippen LogP contribution < -0.4 is 0 Å². The molecule has 1 heteroatoms. The maximum atomic E-state index is 8.22. The minimum absolute atomic E-state index is 0.542. The van der Waals surface area contributed by atoms with E-state index in [4.69, 9.17) is 5.26 Å². The van der Waals surface area contributed by atoms with Crippen LogP contribution in [-0.4, -0.2) is 0 Å². The first-order chi connectivity index (χ1) is 3.85. The lowest BCUT2D eigenvalue weighted by Crippen LogP contribution is -1.64. The Morgan fingerprint density at radius 3 is 2.25 bits per heavy atom. The maximum absolute atomic E-state index is 8.22. The molecule has 0 aromatic heterocycles. The molecule has 0 atom stereocenters. The molecule has 1 nitrogen and oxygen atoms in total. The van der Waals surface area contributed by atoms with Crippen LogP contribution in [0.2, 0.25) is 0 Å². The van der Waals surface area contributed by atoms with Crippen molar-refractivity contribution in [2.45, 2.75) is 0 Å². The standard InChI is InChI=1S/C7H7N/c1-3-5-7(4-2)6-8/h3-5H,1-2H2/b7-5+. The van der Waals surface area contributed by atoms with Gasteiger partial charge in [-0.3, -0.25) is 0 Å². The molecular formula is C7H7N. The number of allylic oxidation sites excluding steroid dienone is 4. The normalized spacial score (nSPS) is 9.62. The van der Waals surface area contributed by atoms with E-state index in [-0.39, 0.29) is 0 Å². The fourth-order valence-corrected chi connectivity index (χ4v) is 0.278. The van der Waals surface area contributed by atoms with Gasteiger partial charge in [-0.1, -0.05) is 25.3 Å². The summed E-state index contributed by atoms with van der Waals surface area (Å²) in [5.41, 5.74) is 0.542. The summed E-state index contributed by atoms with van der Waals surface area (Å²) in [5, 5.41) is 8.22. The Hall–Kier alpha value is -1.29. The van der Waals surface area contributed by atoms with Crippen LogP contribution in [0.25, 0.3) is 0 Å². The van der Waals surface area contributed by atoms with Gasteiger partial charge >= 0.3 is 0 Å². The molecule has 0 saturated carbocycles. The zero-order chi connectivity index (χ0) is 6.41. The van der Waals surface area contributed by atoms with E-state index in [9.17, 15) is 0 Å². The molecule has 0 aliphatic rings. The minimum Gasteiger partial charge on any atom is -0.192 e. The predicted molar refractivity (Wildman–Crippen MR) is 34.1 cm³/mol. The van der Waals surface area contributed by atoms with Crippen LogP contribution in [0.5, 0.6) is 0 Å². The Morgan fingerprint density at radius 1 is 1.50 bits per heavy atom. The highest BCUT2D eigenvalue weighted by atomic mass is 14.2. The zero-order valence-electron chi connectivity index (χ0n) is 4.59. The average Bonchev–Trinajstić information content (AvgIpc) is 1.83.